The van der Waals surface area contributed by atoms with Crippen LogP contribution in [0.2, 0.25) is 0 Å². The molecule has 202 valence electrons. The largest absolute Gasteiger partial charge is 0.444 e. The van der Waals surface area contributed by atoms with Crippen molar-refractivity contribution in [1.82, 2.24) is 10.2 Å². The van der Waals surface area contributed by atoms with Gasteiger partial charge in [-0.2, -0.15) is 0 Å². The van der Waals surface area contributed by atoms with Gasteiger partial charge in [-0.3, -0.25) is 9.59 Å². The lowest BCUT2D eigenvalue weighted by Gasteiger charge is -2.35. The molecule has 0 heterocycles. The predicted molar refractivity (Wildman–Crippen MR) is 152 cm³/mol. The number of hydrogen-bond acceptors (Lipinski definition) is 4. The number of nitrogens with one attached hydrogen (secondary N) is 2. The van der Waals surface area contributed by atoms with Crippen molar-refractivity contribution in [1.29, 1.82) is 0 Å². The molecule has 2 unspecified atom stereocenters. The fourth-order valence-electron chi connectivity index (χ4n) is 4.41. The number of likely N-dealkylation sites (N-methyl/N-ethyl adjacent to an activating group) is 1. The highest BCUT2D eigenvalue weighted by Crippen LogP contribution is 2.28. The summed E-state index contributed by atoms with van der Waals surface area (Å²) in [4.78, 5) is 42.0. The maximum absolute atomic E-state index is 14.0. The molecule has 3 amide bonds. The number of nitrogens with zero attached hydrogens (tertiary/aromatic N) is 1. The van der Waals surface area contributed by atoms with Gasteiger partial charge in [0.1, 0.15) is 17.7 Å². The smallest absolute Gasteiger partial charge is 0.408 e. The van der Waals surface area contributed by atoms with Gasteiger partial charge in [-0.25, -0.2) is 4.79 Å². The van der Waals surface area contributed by atoms with Crippen molar-refractivity contribution >= 4 is 34.4 Å². The second-order valence-corrected chi connectivity index (χ2v) is 10.8. The fourth-order valence-corrected chi connectivity index (χ4v) is 4.41. The predicted octanol–water partition coefficient (Wildman–Crippen LogP) is 6.23. The molecular formula is C31H39N3O4. The van der Waals surface area contributed by atoms with Gasteiger partial charge in [0.05, 0.1) is 0 Å². The number of rotatable bonds is 8. The molecule has 3 rings (SSSR count). The molecule has 0 saturated heterocycles. The maximum atomic E-state index is 14.0. The Bertz CT molecular complexity index is 1300. The zero-order valence-electron chi connectivity index (χ0n) is 23.4. The molecule has 0 aliphatic rings. The lowest BCUT2D eigenvalue weighted by Crippen LogP contribution is -2.54. The van der Waals surface area contributed by atoms with E-state index in [4.69, 9.17) is 4.74 Å². The zero-order chi connectivity index (χ0) is 28.0. The minimum Gasteiger partial charge on any atom is -0.444 e. The number of ether oxygens (including phenoxy) is 1. The van der Waals surface area contributed by atoms with E-state index in [-0.39, 0.29) is 24.3 Å². The van der Waals surface area contributed by atoms with E-state index in [0.29, 0.717) is 5.69 Å². The molecule has 0 aliphatic heterocycles. The monoisotopic (exact) mass is 517 g/mol. The topological polar surface area (TPSA) is 87.7 Å². The van der Waals surface area contributed by atoms with Crippen molar-refractivity contribution in [2.75, 3.05) is 11.9 Å². The number of anilines is 1. The Balaban J connectivity index is 1.97. The summed E-state index contributed by atoms with van der Waals surface area (Å²) in [5.41, 5.74) is 1.55. The molecule has 2 N–H and O–H groups in total. The van der Waals surface area contributed by atoms with E-state index in [1.807, 2.05) is 94.4 Å². The second-order valence-electron chi connectivity index (χ2n) is 10.8. The van der Waals surface area contributed by atoms with Crippen LogP contribution in [-0.4, -0.2) is 41.0 Å². The van der Waals surface area contributed by atoms with E-state index >= 15 is 0 Å². The molecular weight excluding hydrogens is 478 g/mol. The van der Waals surface area contributed by atoms with Crippen LogP contribution in [-0.2, 0) is 14.3 Å². The maximum Gasteiger partial charge on any atom is 0.408 e. The SMILES string of the molecule is CCN(C(=O)C(NC(=O)OC(C)(C)C)C(C)C)C(C(=O)Nc1ccc2ccccc2c1)c1ccccc1C. The Kier molecular flexibility index (Phi) is 9.15. The number of benzene rings is 3. The summed E-state index contributed by atoms with van der Waals surface area (Å²) in [5.74, 6) is -0.912. The molecule has 0 bridgehead atoms. The highest BCUT2D eigenvalue weighted by molar-refractivity contribution is 6.00. The van der Waals surface area contributed by atoms with Crippen molar-refractivity contribution < 1.29 is 19.1 Å². The molecule has 0 saturated carbocycles. The van der Waals surface area contributed by atoms with Crippen LogP contribution in [0.15, 0.2) is 66.7 Å². The highest BCUT2D eigenvalue weighted by Gasteiger charge is 2.37. The highest BCUT2D eigenvalue weighted by atomic mass is 16.6. The standard InChI is InChI=1S/C31H39N3O4/c1-8-34(29(36)26(20(2)3)33-30(37)38-31(5,6)7)27(25-16-12-9-13-21(25)4)28(35)32-24-18-17-22-14-10-11-15-23(22)19-24/h9-20,26-27H,8H2,1-7H3,(H,32,35)(H,33,37). The molecule has 3 aromatic rings. The van der Waals surface area contributed by atoms with Gasteiger partial charge >= 0.3 is 6.09 Å². The average molecular weight is 518 g/mol. The van der Waals surface area contributed by atoms with Crippen LogP contribution in [0.4, 0.5) is 10.5 Å². The molecule has 38 heavy (non-hydrogen) atoms. The number of carbonyl (C=O) groups is 3. The number of carbonyl (C=O) groups excluding carboxylic acids is 3. The normalized spacial score (nSPS) is 13.1. The van der Waals surface area contributed by atoms with Crippen LogP contribution in [0.25, 0.3) is 10.8 Å². The van der Waals surface area contributed by atoms with Crippen LogP contribution in [0.1, 0.15) is 58.7 Å². The van der Waals surface area contributed by atoms with Crippen molar-refractivity contribution in [3.05, 3.63) is 77.9 Å². The molecule has 2 atom stereocenters. The van der Waals surface area contributed by atoms with Gasteiger partial charge in [0.25, 0.3) is 5.91 Å². The fraction of sp³-hybridized carbons (Fsp3) is 0.387. The third kappa shape index (κ3) is 7.12. The number of alkyl carbamates (subject to hydrolysis) is 1. The van der Waals surface area contributed by atoms with Crippen LogP contribution in [0, 0.1) is 12.8 Å². The van der Waals surface area contributed by atoms with Gasteiger partial charge in [0.2, 0.25) is 5.91 Å². The van der Waals surface area contributed by atoms with Crippen LogP contribution >= 0.6 is 0 Å². The first-order valence-corrected chi connectivity index (χ1v) is 13.1. The van der Waals surface area contributed by atoms with Crippen molar-refractivity contribution in [2.45, 2.75) is 66.2 Å². The van der Waals surface area contributed by atoms with Gasteiger partial charge < -0.3 is 20.3 Å². The van der Waals surface area contributed by atoms with Crippen molar-refractivity contribution in [3.63, 3.8) is 0 Å². The first-order valence-electron chi connectivity index (χ1n) is 13.1. The Morgan fingerprint density at radius 1 is 0.921 bits per heavy atom. The van der Waals surface area contributed by atoms with E-state index in [0.717, 1.165) is 21.9 Å². The van der Waals surface area contributed by atoms with Gasteiger partial charge in [-0.15, -0.1) is 0 Å². The third-order valence-corrected chi connectivity index (χ3v) is 6.29. The zero-order valence-corrected chi connectivity index (χ0v) is 23.4. The minimum absolute atomic E-state index is 0.231. The first-order chi connectivity index (χ1) is 17.9. The number of fused-ring (bicyclic) bond motifs is 1. The lowest BCUT2D eigenvalue weighted by atomic mass is 9.96. The third-order valence-electron chi connectivity index (χ3n) is 6.29. The van der Waals surface area contributed by atoms with Crippen molar-refractivity contribution in [3.8, 4) is 0 Å². The molecule has 0 spiro atoms. The lowest BCUT2D eigenvalue weighted by molar-refractivity contribution is -0.141. The molecule has 0 aliphatic carbocycles. The van der Waals surface area contributed by atoms with Crippen LogP contribution in [0.3, 0.4) is 0 Å². The van der Waals surface area contributed by atoms with Crippen LogP contribution < -0.4 is 10.6 Å². The molecule has 3 aromatic carbocycles. The molecule has 0 radical (unpaired) electrons. The van der Waals surface area contributed by atoms with E-state index < -0.39 is 23.8 Å². The summed E-state index contributed by atoms with van der Waals surface area (Å²) >= 11 is 0. The number of aryl methyl sites for hydroxylation is 1. The Hall–Kier alpha value is -3.87. The minimum atomic E-state index is -0.901. The summed E-state index contributed by atoms with van der Waals surface area (Å²) in [6.07, 6.45) is -0.673. The Morgan fingerprint density at radius 2 is 1.55 bits per heavy atom. The number of hydrogen-bond donors (Lipinski definition) is 2. The van der Waals surface area contributed by atoms with Gasteiger partial charge in [-0.05, 0) is 74.6 Å². The Labute approximate surface area is 225 Å². The summed E-state index contributed by atoms with van der Waals surface area (Å²) in [6, 6.07) is 19.4. The summed E-state index contributed by atoms with van der Waals surface area (Å²) in [7, 11) is 0. The van der Waals surface area contributed by atoms with Gasteiger partial charge in [-0.1, -0.05) is 68.4 Å². The Morgan fingerprint density at radius 3 is 2.16 bits per heavy atom. The van der Waals surface area contributed by atoms with E-state index in [9.17, 15) is 14.4 Å². The summed E-state index contributed by atoms with van der Waals surface area (Å²) in [5, 5.41) is 7.83. The molecule has 7 nitrogen and oxygen atoms in total. The average Bonchev–Trinajstić information content (AvgIpc) is 2.84. The van der Waals surface area contributed by atoms with E-state index in [1.165, 1.54) is 4.90 Å². The van der Waals surface area contributed by atoms with E-state index in [1.54, 1.807) is 20.8 Å². The summed E-state index contributed by atoms with van der Waals surface area (Å²) in [6.45, 7) is 13.0. The first kappa shape index (κ1) is 28.7. The quantitative estimate of drug-likeness (QED) is 0.371. The second kappa shape index (κ2) is 12.1. The number of amides is 3. The molecule has 7 heteroatoms. The molecule has 0 aromatic heterocycles. The molecule has 0 fully saturated rings. The van der Waals surface area contributed by atoms with Gasteiger partial charge in [0.15, 0.2) is 0 Å². The van der Waals surface area contributed by atoms with Gasteiger partial charge in [0, 0.05) is 12.2 Å². The van der Waals surface area contributed by atoms with Crippen LogP contribution in [0.5, 0.6) is 0 Å². The van der Waals surface area contributed by atoms with Crippen molar-refractivity contribution in [2.24, 2.45) is 5.92 Å². The van der Waals surface area contributed by atoms with E-state index in [2.05, 4.69) is 10.6 Å². The summed E-state index contributed by atoms with van der Waals surface area (Å²) < 4.78 is 5.41.